The third-order valence-corrected chi connectivity index (χ3v) is 24.7. The third kappa shape index (κ3) is 28.2. The second-order valence-electron chi connectivity index (χ2n) is 41.4. The molecule has 6 atom stereocenters. The van der Waals surface area contributed by atoms with Crippen LogP contribution in [0.5, 0.6) is 0 Å². The van der Waals surface area contributed by atoms with Gasteiger partial charge >= 0.3 is 0 Å². The quantitative estimate of drug-likeness (QED) is 0.0849. The Bertz CT molecular complexity index is 3720. The summed E-state index contributed by atoms with van der Waals surface area (Å²) >= 11 is 0. The lowest BCUT2D eigenvalue weighted by atomic mass is 9.91. The first-order chi connectivity index (χ1) is 53.5. The van der Waals surface area contributed by atoms with Crippen LogP contribution in [-0.2, 0) is 32.4 Å². The van der Waals surface area contributed by atoms with Crippen LogP contribution >= 0.6 is 0 Å². The lowest BCUT2D eigenvalue weighted by Gasteiger charge is -2.38. The molecule has 634 valence electrons. The average molecular weight is 1560 g/mol. The molecule has 10 heteroatoms. The molecule has 0 bridgehead atoms. The molecule has 6 aliphatic rings. The normalized spacial score (nSPS) is 21.1. The standard InChI is InChI=1S/C19H32N2.C18H30N2.C18H29N.C17H28N2.C17H25N.C15H23NO/c1-19(2,3)21-15-9-13-18(21)17-12-7-6-10-16(17)11-8-14-20(4)5;1-18(2,3)20-13-8-11-17(20)16-10-7-6-9-15(16)12-14-19(4)5;1-14(2)13-15-9-6-7-10-16(15)17-11-8-12-19(17)18(3,4)5;1-17(2,3)19-12-8-11-16(19)15-10-7-6-9-14(15)13-18(4)5;1-13(2)14-9-6-7-10-15(14)16-11-8-12-18(16)17(3,4)5;1-15(2,3)16-10-6-9-14(16)13-8-5-4-7-12(13)11-17/h6-7,10,12,18H,8-9,11,13-15H2,1-5H3;6-7,9-10,17H,8,11-14H2,1-5H3;6-7,9-10,14,17H,8,11-13H2,1-5H3;6-7,9-10,16H,8,11-13H2,1-5H3;6-7,9-10,16H,1,8,11-12H2,2-5H3;4-5,7-8,14,17H,6,9-11H2,1-3H3/t;;17-;16-;;/m..01../s1. The predicted octanol–water partition coefficient (Wildman–Crippen LogP) is 24.1. The number of rotatable bonds is 19. The second-order valence-corrected chi connectivity index (χ2v) is 41.4. The largest absolute Gasteiger partial charge is 0.392 e. The van der Waals surface area contributed by atoms with Crippen molar-refractivity contribution in [3.63, 3.8) is 0 Å². The molecule has 114 heavy (non-hydrogen) atoms. The van der Waals surface area contributed by atoms with Gasteiger partial charge in [-0.25, -0.2) is 0 Å². The maximum atomic E-state index is 9.45. The van der Waals surface area contributed by atoms with Crippen molar-refractivity contribution in [2.75, 3.05) is 94.6 Å². The molecule has 6 aliphatic heterocycles. The molecular weight excluding hydrogens is 1390 g/mol. The first-order valence-electron chi connectivity index (χ1n) is 44.8. The molecule has 0 aromatic heterocycles. The fourth-order valence-corrected chi connectivity index (χ4v) is 19.5. The predicted molar refractivity (Wildman–Crippen MR) is 495 cm³/mol. The second kappa shape index (κ2) is 43.6. The number of aliphatic hydroxyl groups excluding tert-OH is 1. The SMILES string of the molecule is C=C(C)c1ccccc1C1CCCN1C(C)(C)C.CC(C)(C)N1CCCC1c1ccccc1CO.CC(C)Cc1ccccc1[C@@H]1CCCN1C(C)(C)C.CN(C)CCCc1ccccc1C1CCCN1C(C)(C)C.CN(C)CCc1ccccc1C1CCCN1C(C)(C)C.CN(C)Cc1ccccc1[C@H]1CCCN1C(C)(C)C. The Labute approximate surface area is 700 Å². The van der Waals surface area contributed by atoms with Crippen LogP contribution in [0.2, 0.25) is 0 Å². The van der Waals surface area contributed by atoms with Crippen LogP contribution in [0.1, 0.15) is 332 Å². The molecule has 0 spiro atoms. The summed E-state index contributed by atoms with van der Waals surface area (Å²) in [5.41, 5.74) is 20.2. The first kappa shape index (κ1) is 95.8. The fourth-order valence-electron chi connectivity index (χ4n) is 19.5. The lowest BCUT2D eigenvalue weighted by molar-refractivity contribution is 0.120. The number of allylic oxidation sites excluding steroid dienone is 1. The van der Waals surface area contributed by atoms with Crippen LogP contribution in [0.25, 0.3) is 5.57 Å². The number of benzene rings is 6. The van der Waals surface area contributed by atoms with Gasteiger partial charge in [-0.2, -0.15) is 0 Å². The molecule has 0 aliphatic carbocycles. The number of hydrogen-bond acceptors (Lipinski definition) is 10. The fraction of sp³-hybridized carbons (Fsp3) is 0.635. The van der Waals surface area contributed by atoms with E-state index in [2.05, 4.69) is 372 Å². The van der Waals surface area contributed by atoms with Crippen LogP contribution in [0.15, 0.2) is 152 Å². The Hall–Kier alpha value is -5.34. The highest BCUT2D eigenvalue weighted by atomic mass is 16.3. The Morgan fingerprint density at radius 2 is 0.596 bits per heavy atom. The van der Waals surface area contributed by atoms with Crippen molar-refractivity contribution < 1.29 is 5.11 Å². The zero-order valence-corrected chi connectivity index (χ0v) is 78.0. The van der Waals surface area contributed by atoms with Crippen molar-refractivity contribution in [3.05, 3.63) is 219 Å². The van der Waals surface area contributed by atoms with E-state index in [-0.39, 0.29) is 39.8 Å². The van der Waals surface area contributed by atoms with Crippen LogP contribution in [-0.4, -0.2) is 177 Å². The molecule has 6 aromatic carbocycles. The first-order valence-corrected chi connectivity index (χ1v) is 44.8. The van der Waals surface area contributed by atoms with Crippen molar-refractivity contribution in [2.24, 2.45) is 5.92 Å². The average Bonchev–Trinajstić information content (AvgIpc) is 1.67. The highest BCUT2D eigenvalue weighted by molar-refractivity contribution is 5.65. The van der Waals surface area contributed by atoms with E-state index in [4.69, 9.17) is 0 Å². The molecule has 0 saturated carbocycles. The van der Waals surface area contributed by atoms with E-state index in [1.165, 1.54) is 175 Å². The number of aliphatic hydroxyl groups is 1. The molecule has 6 aromatic rings. The Kier molecular flexibility index (Phi) is 36.6. The van der Waals surface area contributed by atoms with Crippen LogP contribution < -0.4 is 0 Å². The molecule has 0 amide bonds. The van der Waals surface area contributed by atoms with E-state index in [0.29, 0.717) is 36.3 Å². The summed E-state index contributed by atoms with van der Waals surface area (Å²) in [6.45, 7) is 63.5. The van der Waals surface area contributed by atoms with Crippen LogP contribution in [0.3, 0.4) is 0 Å². The van der Waals surface area contributed by atoms with E-state index in [9.17, 15) is 5.11 Å². The summed E-state index contributed by atoms with van der Waals surface area (Å²) in [6, 6.07) is 56.7. The van der Waals surface area contributed by atoms with E-state index >= 15 is 0 Å². The highest BCUT2D eigenvalue weighted by Gasteiger charge is 2.41. The third-order valence-electron chi connectivity index (χ3n) is 24.7. The van der Waals surface area contributed by atoms with Gasteiger partial charge in [-0.3, -0.25) is 29.4 Å². The zero-order valence-electron chi connectivity index (χ0n) is 78.0. The number of aryl methyl sites for hydroxylation is 1. The lowest BCUT2D eigenvalue weighted by Crippen LogP contribution is -2.41. The molecule has 4 unspecified atom stereocenters. The Morgan fingerprint density at radius 1 is 0.342 bits per heavy atom. The Balaban J connectivity index is 0.000000190. The summed E-state index contributed by atoms with van der Waals surface area (Å²) in [6.07, 6.45) is 20.3. The van der Waals surface area contributed by atoms with Gasteiger partial charge < -0.3 is 19.8 Å². The van der Waals surface area contributed by atoms with Crippen molar-refractivity contribution in [1.82, 2.24) is 44.1 Å². The molecule has 6 heterocycles. The molecule has 10 nitrogen and oxygen atoms in total. The van der Waals surface area contributed by atoms with E-state index < -0.39 is 0 Å². The summed E-state index contributed by atoms with van der Waals surface area (Å²) in [7, 11) is 12.9. The number of nitrogens with zero attached hydrogens (tertiary/aromatic N) is 9. The molecule has 0 radical (unpaired) electrons. The van der Waals surface area contributed by atoms with Gasteiger partial charge in [0.25, 0.3) is 0 Å². The van der Waals surface area contributed by atoms with Gasteiger partial charge in [0.05, 0.1) is 6.61 Å². The van der Waals surface area contributed by atoms with Crippen LogP contribution in [0.4, 0.5) is 0 Å². The van der Waals surface area contributed by atoms with Gasteiger partial charge in [0.1, 0.15) is 0 Å². The minimum Gasteiger partial charge on any atom is -0.392 e. The summed E-state index contributed by atoms with van der Waals surface area (Å²) in [4.78, 5) is 22.7. The summed E-state index contributed by atoms with van der Waals surface area (Å²) in [5.74, 6) is 0.727. The monoisotopic (exact) mass is 1560 g/mol. The van der Waals surface area contributed by atoms with Gasteiger partial charge in [0.2, 0.25) is 0 Å². The van der Waals surface area contributed by atoms with Gasteiger partial charge in [-0.05, 0) is 395 Å². The van der Waals surface area contributed by atoms with E-state index in [0.717, 1.165) is 37.5 Å². The van der Waals surface area contributed by atoms with Crippen molar-refractivity contribution in [3.8, 4) is 0 Å². The highest BCUT2D eigenvalue weighted by Crippen LogP contribution is 2.45. The Morgan fingerprint density at radius 3 is 0.895 bits per heavy atom. The van der Waals surface area contributed by atoms with Gasteiger partial charge in [-0.1, -0.05) is 172 Å². The topological polar surface area (TPSA) is 49.4 Å². The number of likely N-dealkylation sites (N-methyl/N-ethyl adjacent to an activating group) is 1. The van der Waals surface area contributed by atoms with Gasteiger partial charge in [0.15, 0.2) is 0 Å². The summed E-state index contributed by atoms with van der Waals surface area (Å²) < 4.78 is 0. The zero-order chi connectivity index (χ0) is 84.1. The maximum absolute atomic E-state index is 9.45. The number of likely N-dealkylation sites (tertiary alicyclic amines) is 6. The maximum Gasteiger partial charge on any atom is 0.0685 e. The molecule has 12 rings (SSSR count). The van der Waals surface area contributed by atoms with Gasteiger partial charge in [0, 0.05) is 82.6 Å². The molecule has 6 fully saturated rings. The smallest absolute Gasteiger partial charge is 0.0685 e. The van der Waals surface area contributed by atoms with E-state index in [1.807, 2.05) is 12.1 Å². The molecule has 1 N–H and O–H groups in total. The number of hydrogen-bond donors (Lipinski definition) is 1. The molecule has 6 saturated heterocycles. The van der Waals surface area contributed by atoms with Crippen molar-refractivity contribution in [2.45, 2.75) is 331 Å². The minimum absolute atomic E-state index is 0.144. The summed E-state index contributed by atoms with van der Waals surface area (Å²) in [5, 5.41) is 9.45. The van der Waals surface area contributed by atoms with Crippen molar-refractivity contribution in [1.29, 1.82) is 0 Å². The van der Waals surface area contributed by atoms with E-state index in [1.54, 1.807) is 27.8 Å². The van der Waals surface area contributed by atoms with Crippen LogP contribution in [0, 0.1) is 5.92 Å². The minimum atomic E-state index is 0.144. The van der Waals surface area contributed by atoms with Gasteiger partial charge in [-0.15, -0.1) is 0 Å². The molecular formula is C104H167N9O. The van der Waals surface area contributed by atoms with Crippen molar-refractivity contribution >= 4 is 5.57 Å².